The van der Waals surface area contributed by atoms with Crippen molar-refractivity contribution in [2.24, 2.45) is 0 Å². The molecule has 9 N–H and O–H groups in total. The fourth-order valence-electron chi connectivity index (χ4n) is 3.84. The molecule has 204 valence electrons. The van der Waals surface area contributed by atoms with Crippen LogP contribution in [0.3, 0.4) is 0 Å². The van der Waals surface area contributed by atoms with E-state index >= 15 is 0 Å². The number of benzene rings is 1. The van der Waals surface area contributed by atoms with Gasteiger partial charge in [0.1, 0.15) is 9.79 Å². The van der Waals surface area contributed by atoms with Crippen molar-refractivity contribution in [1.29, 1.82) is 0 Å². The van der Waals surface area contributed by atoms with Crippen LogP contribution in [0.5, 0.6) is 0 Å². The molecule has 0 bridgehead atoms. The van der Waals surface area contributed by atoms with Crippen molar-refractivity contribution in [1.82, 2.24) is 0 Å². The van der Waals surface area contributed by atoms with Gasteiger partial charge in [0.15, 0.2) is 11.1 Å². The molecule has 0 fully saturated rings. The minimum Gasteiger partial charge on any atom is -0.477 e. The van der Waals surface area contributed by atoms with Crippen LogP contribution in [0.1, 0.15) is 19.4 Å². The second kappa shape index (κ2) is 10.5. The number of aliphatic carboxylic acids is 2. The molecule has 0 amide bonds. The van der Waals surface area contributed by atoms with E-state index in [2.05, 4.69) is 20.4 Å². The van der Waals surface area contributed by atoms with E-state index < -0.39 is 64.7 Å². The highest BCUT2D eigenvalue weighted by Gasteiger charge is 2.40. The molecule has 1 aromatic carbocycles. The third kappa shape index (κ3) is 5.51. The monoisotopic (exact) mass is 582 g/mol. The molecule has 1 aromatic rings. The third-order valence-electron chi connectivity index (χ3n) is 5.70. The van der Waals surface area contributed by atoms with Gasteiger partial charge in [0.05, 0.1) is 28.2 Å². The minimum absolute atomic E-state index is 0.0263. The van der Waals surface area contributed by atoms with Gasteiger partial charge in [0, 0.05) is 23.8 Å². The molecule has 0 heterocycles. The maximum atomic E-state index is 12.9. The van der Waals surface area contributed by atoms with Gasteiger partial charge in [0.2, 0.25) is 0 Å². The zero-order chi connectivity index (χ0) is 29.4. The van der Waals surface area contributed by atoms with E-state index in [0.717, 1.165) is 24.3 Å². The van der Waals surface area contributed by atoms with Crippen molar-refractivity contribution in [2.45, 2.75) is 23.6 Å². The molecule has 14 nitrogen and oxygen atoms in total. The first kappa shape index (κ1) is 29.4. The number of carboxylic acids is 2. The summed E-state index contributed by atoms with van der Waals surface area (Å²) in [5.41, 5.74) is -1.67. The van der Waals surface area contributed by atoms with E-state index in [1.165, 1.54) is 26.0 Å². The maximum absolute atomic E-state index is 12.9. The lowest BCUT2D eigenvalue weighted by Gasteiger charge is -2.18. The fourth-order valence-corrected chi connectivity index (χ4v) is 5.39. The van der Waals surface area contributed by atoms with Crippen molar-refractivity contribution in [3.8, 4) is 0 Å². The lowest BCUT2D eigenvalue weighted by molar-refractivity contribution is -0.635. The van der Waals surface area contributed by atoms with E-state index in [0.29, 0.717) is 6.07 Å². The van der Waals surface area contributed by atoms with Crippen molar-refractivity contribution in [3.63, 3.8) is 0 Å². The molecule has 0 spiro atoms. The highest BCUT2D eigenvalue weighted by molar-refractivity contribution is 7.87. The molecular weight excluding hydrogens is 560 g/mol. The second-order valence-electron chi connectivity index (χ2n) is 8.15. The SMILES string of the molecule is CC1=C[C+](C(=C2C=C(C)C(=[OH+])C(C(=O)O)=C2)c2ccc(S(=O)(=O)O[NH3+])cc2S(=O)(=O)O[NH3+])C=C(C(=O)O)C1=O. The Kier molecular flexibility index (Phi) is 7.92. The fraction of sp³-hybridized carbons (Fsp3) is 0.0870. The molecular formula is C23H22N2O12S2+4. The number of ketones is 2. The van der Waals surface area contributed by atoms with Gasteiger partial charge in [-0.1, -0.05) is 8.57 Å². The third-order valence-corrected chi connectivity index (χ3v) is 8.03. The van der Waals surface area contributed by atoms with Gasteiger partial charge in [-0.3, -0.25) is 9.59 Å². The molecule has 0 aromatic heterocycles. The van der Waals surface area contributed by atoms with Crippen molar-refractivity contribution in [2.75, 3.05) is 0 Å². The van der Waals surface area contributed by atoms with Gasteiger partial charge in [-0.2, -0.15) is 28.6 Å². The first-order chi connectivity index (χ1) is 18.0. The zero-order valence-electron chi connectivity index (χ0n) is 20.3. The Morgan fingerprint density at radius 1 is 0.897 bits per heavy atom. The summed E-state index contributed by atoms with van der Waals surface area (Å²) in [7, 11) is -9.30. The lowest BCUT2D eigenvalue weighted by atomic mass is 9.79. The largest absolute Gasteiger partial charge is 0.477 e. The van der Waals surface area contributed by atoms with E-state index in [1.54, 1.807) is 0 Å². The van der Waals surface area contributed by atoms with Gasteiger partial charge in [-0.15, -0.1) is 0 Å². The van der Waals surface area contributed by atoms with Gasteiger partial charge >= 0.3 is 38.0 Å². The molecule has 0 saturated heterocycles. The Balaban J connectivity index is 2.56. The molecule has 0 atom stereocenters. The van der Waals surface area contributed by atoms with Gasteiger partial charge in [-0.05, 0) is 38.1 Å². The van der Waals surface area contributed by atoms with Gasteiger partial charge in [-0.25, -0.2) is 9.59 Å². The van der Waals surface area contributed by atoms with Crippen LogP contribution < -0.4 is 11.8 Å². The summed E-state index contributed by atoms with van der Waals surface area (Å²) in [6, 6.07) is 2.70. The van der Waals surface area contributed by atoms with Crippen LogP contribution >= 0.6 is 0 Å². The summed E-state index contributed by atoms with van der Waals surface area (Å²) >= 11 is 0. The number of carbonyl (C=O) groups is 3. The molecule has 2 aliphatic rings. The maximum Gasteiger partial charge on any atom is 0.374 e. The summed E-state index contributed by atoms with van der Waals surface area (Å²) in [6.45, 7) is 2.69. The van der Waals surface area contributed by atoms with Crippen LogP contribution in [-0.2, 0) is 43.2 Å². The van der Waals surface area contributed by atoms with E-state index in [4.69, 9.17) is 0 Å². The molecule has 0 aliphatic heterocycles. The normalized spacial score (nSPS) is 17.7. The Morgan fingerprint density at radius 3 is 2.03 bits per heavy atom. The summed E-state index contributed by atoms with van der Waals surface area (Å²) in [5.74, 6) is 1.18. The van der Waals surface area contributed by atoms with E-state index in [9.17, 15) is 46.2 Å². The van der Waals surface area contributed by atoms with Crippen LogP contribution in [0.25, 0.3) is 5.57 Å². The van der Waals surface area contributed by atoms with Crippen LogP contribution in [0.4, 0.5) is 0 Å². The Hall–Kier alpha value is -4.19. The van der Waals surface area contributed by atoms with Gasteiger partial charge < -0.3 is 10.2 Å². The average Bonchev–Trinajstić information content (AvgIpc) is 2.87. The molecule has 39 heavy (non-hydrogen) atoms. The topological polar surface area (TPSA) is 255 Å². The minimum atomic E-state index is -4.79. The standard InChI is InChI=1S/C23H19N2O12S2/c1-10-5-12(7-16(20(10)26)22(28)29)19(13-6-11(2)21(27)17(8-13)23(30)31)15-4-3-14(38(32,33)36-24)9-18(15)39(34,35)37-25/h3-9H,1-2,24-25H3/q+1/p+3. The van der Waals surface area contributed by atoms with Crippen LogP contribution in [0, 0.1) is 5.92 Å². The van der Waals surface area contributed by atoms with Crippen LogP contribution in [-0.4, -0.2) is 55.3 Å². The van der Waals surface area contributed by atoms with E-state index in [1.807, 2.05) is 0 Å². The summed E-state index contributed by atoms with van der Waals surface area (Å²) < 4.78 is 58.9. The molecule has 0 radical (unpaired) electrons. The molecule has 16 heteroatoms. The number of rotatable bonds is 8. The second-order valence-corrected chi connectivity index (χ2v) is 11.3. The predicted molar refractivity (Wildman–Crippen MR) is 130 cm³/mol. The first-order valence-corrected chi connectivity index (χ1v) is 13.4. The van der Waals surface area contributed by atoms with Gasteiger partial charge in [0.25, 0.3) is 5.78 Å². The molecule has 3 rings (SSSR count). The number of hydrogen-bond acceptors (Lipinski definition) is 9. The molecule has 0 saturated carbocycles. The quantitative estimate of drug-likeness (QED) is 0.122. The predicted octanol–water partition coefficient (Wildman–Crippen LogP) is -1.21. The van der Waals surface area contributed by atoms with Crippen molar-refractivity contribution < 1.29 is 66.6 Å². The lowest BCUT2D eigenvalue weighted by Crippen LogP contribution is -2.51. The number of carboxylic acid groups (broad SMARTS) is 2. The highest BCUT2D eigenvalue weighted by Crippen LogP contribution is 2.41. The van der Waals surface area contributed by atoms with Crippen LogP contribution in [0.2, 0.25) is 0 Å². The van der Waals surface area contributed by atoms with Crippen molar-refractivity contribution in [3.05, 3.63) is 81.9 Å². The Bertz CT molecular complexity index is 1710. The van der Waals surface area contributed by atoms with Crippen molar-refractivity contribution >= 4 is 49.3 Å². The molecule has 0 unspecified atom stereocenters. The Morgan fingerprint density at radius 2 is 1.49 bits per heavy atom. The zero-order valence-corrected chi connectivity index (χ0v) is 21.9. The Labute approximate surface area is 221 Å². The van der Waals surface area contributed by atoms with Crippen LogP contribution in [0.15, 0.2) is 80.2 Å². The number of carbonyl (C=O) groups excluding carboxylic acids is 2. The summed E-state index contributed by atoms with van der Waals surface area (Å²) in [6.07, 6.45) is 4.51. The first-order valence-electron chi connectivity index (χ1n) is 10.6. The summed E-state index contributed by atoms with van der Waals surface area (Å²) in [5, 5.41) is 19.2. The van der Waals surface area contributed by atoms with E-state index in [-0.39, 0.29) is 33.8 Å². The number of hydrogen-bond donors (Lipinski definition) is 4. The average molecular weight is 583 g/mol. The summed E-state index contributed by atoms with van der Waals surface area (Å²) in [4.78, 5) is 44.9. The number of quaternary nitrogens is 2. The number of Topliss-reactive ketones (excluding diaryl/α,β-unsaturated/α-hetero) is 1. The molecule has 2 aliphatic carbocycles. The smallest absolute Gasteiger partial charge is 0.374 e. The number of allylic oxidation sites excluding steroid dienone is 8. The highest BCUT2D eigenvalue weighted by atomic mass is 32.2.